The van der Waals surface area contributed by atoms with Crippen LogP contribution in [-0.4, -0.2) is 73.3 Å². The molecular weight excluding hydrogens is 604 g/mol. The first-order valence-electron chi connectivity index (χ1n) is 13.9. The Bertz CT molecular complexity index is 1290. The van der Waals surface area contributed by atoms with Crippen molar-refractivity contribution in [3.8, 4) is 0 Å². The van der Waals surface area contributed by atoms with Crippen molar-refractivity contribution in [3.05, 3.63) is 97.1 Å². The van der Waals surface area contributed by atoms with E-state index in [1.807, 2.05) is 60.7 Å². The Morgan fingerprint density at radius 1 is 1.15 bits per heavy atom. The van der Waals surface area contributed by atoms with Crippen molar-refractivity contribution >= 4 is 45.5 Å². The van der Waals surface area contributed by atoms with Crippen LogP contribution < -0.4 is 0 Å². The minimum absolute atomic E-state index is 0.0740. The van der Waals surface area contributed by atoms with Gasteiger partial charge in [-0.1, -0.05) is 88.7 Å². The van der Waals surface area contributed by atoms with Crippen molar-refractivity contribution in [3.63, 3.8) is 0 Å². The van der Waals surface area contributed by atoms with Crippen molar-refractivity contribution in [2.45, 2.75) is 46.3 Å². The van der Waals surface area contributed by atoms with Crippen LogP contribution in [0.2, 0.25) is 0 Å². The third-order valence-electron chi connectivity index (χ3n) is 8.37. The first-order valence-corrected chi connectivity index (χ1v) is 15.7. The highest BCUT2D eigenvalue weighted by Gasteiger charge is 2.76. The zero-order valence-corrected chi connectivity index (χ0v) is 25.2. The van der Waals surface area contributed by atoms with Gasteiger partial charge in [-0.25, -0.2) is 0 Å². The van der Waals surface area contributed by atoms with E-state index in [9.17, 15) is 19.5 Å². The summed E-state index contributed by atoms with van der Waals surface area (Å²) in [5, 5.41) is 10.5. The van der Waals surface area contributed by atoms with Gasteiger partial charge in [0, 0.05) is 23.2 Å². The molecule has 41 heavy (non-hydrogen) atoms. The number of carbonyl (C=O) groups is 3. The lowest BCUT2D eigenvalue weighted by atomic mass is 9.71. The molecule has 1 spiro atoms. The van der Waals surface area contributed by atoms with Gasteiger partial charge in [-0.3, -0.25) is 14.4 Å². The van der Waals surface area contributed by atoms with Crippen LogP contribution in [0.1, 0.15) is 30.0 Å². The molecule has 0 saturated carbocycles. The summed E-state index contributed by atoms with van der Waals surface area (Å²) in [4.78, 5) is 45.9. The average Bonchev–Trinajstić information content (AvgIpc) is 3.58. The van der Waals surface area contributed by atoms with Gasteiger partial charge in [-0.05, 0) is 24.0 Å². The number of amides is 2. The van der Waals surface area contributed by atoms with E-state index in [1.54, 1.807) is 33.7 Å². The summed E-state index contributed by atoms with van der Waals surface area (Å²) < 4.78 is 4.76. The third kappa shape index (κ3) is 5.28. The van der Waals surface area contributed by atoms with Gasteiger partial charge in [0.05, 0.1) is 35.8 Å². The molecule has 9 heteroatoms. The number of nitrogens with zero attached hydrogens (tertiary/aromatic N) is 2. The van der Waals surface area contributed by atoms with Gasteiger partial charge in [0.25, 0.3) is 0 Å². The molecule has 3 saturated heterocycles. The highest BCUT2D eigenvalue weighted by Crippen LogP contribution is 2.68. The number of fused-ring (bicyclic) bond motifs is 1. The number of alkyl halides is 1. The van der Waals surface area contributed by atoms with Crippen LogP contribution in [0.3, 0.4) is 0 Å². The molecule has 1 N–H and O–H groups in total. The van der Waals surface area contributed by atoms with Crippen molar-refractivity contribution in [1.82, 2.24) is 9.80 Å². The Hall–Kier alpha value is -2.88. The lowest BCUT2D eigenvalue weighted by Crippen LogP contribution is -2.56. The van der Waals surface area contributed by atoms with Crippen LogP contribution in [0.25, 0.3) is 0 Å². The van der Waals surface area contributed by atoms with Crippen LogP contribution in [0.5, 0.6) is 0 Å². The van der Waals surface area contributed by atoms with Gasteiger partial charge in [0.2, 0.25) is 11.8 Å². The Balaban J connectivity index is 1.59. The maximum Gasteiger partial charge on any atom is 0.310 e. The topological polar surface area (TPSA) is 87.2 Å². The number of ether oxygens (including phenoxy) is 1. The van der Waals surface area contributed by atoms with Crippen LogP contribution in [-0.2, 0) is 25.7 Å². The van der Waals surface area contributed by atoms with E-state index in [0.717, 1.165) is 11.1 Å². The second-order valence-corrected chi connectivity index (χ2v) is 13.5. The molecule has 3 unspecified atom stereocenters. The number of hydrogen-bond donors (Lipinski definition) is 1. The molecule has 2 bridgehead atoms. The predicted molar refractivity (Wildman–Crippen MR) is 163 cm³/mol. The largest absolute Gasteiger partial charge is 0.465 e. The fraction of sp³-hybridized carbons (Fsp3) is 0.406. The predicted octanol–water partition coefficient (Wildman–Crippen LogP) is 4.52. The molecule has 7 atom stereocenters. The Labute approximate surface area is 253 Å². The van der Waals surface area contributed by atoms with Crippen LogP contribution in [0.4, 0.5) is 0 Å². The monoisotopic (exact) mass is 638 g/mol. The molecule has 3 aliphatic rings. The lowest BCUT2D eigenvalue weighted by Gasteiger charge is -2.40. The summed E-state index contributed by atoms with van der Waals surface area (Å²) in [6, 6.07) is 17.3. The number of aliphatic hydroxyl groups excluding tert-OH is 1. The molecule has 7 nitrogen and oxygen atoms in total. The Morgan fingerprint density at radius 3 is 2.46 bits per heavy atom. The summed E-state index contributed by atoms with van der Waals surface area (Å²) in [5.74, 6) is -2.37. The summed E-state index contributed by atoms with van der Waals surface area (Å²) >= 11 is 5.35. The SMILES string of the molecule is C=CCCOC(=O)[C@H]1[C@@H]2SC3(CC2Br)C(C(=O)N(CC=C)Cc2ccccc2)N([C@H](CO)c2ccccc2)C(=O)[C@H]13. The number of esters is 1. The molecule has 2 aromatic rings. The smallest absolute Gasteiger partial charge is 0.310 e. The molecular formula is C32H35BrN2O5S. The van der Waals surface area contributed by atoms with Gasteiger partial charge in [-0.2, -0.15) is 0 Å². The molecule has 3 aliphatic heterocycles. The van der Waals surface area contributed by atoms with E-state index in [4.69, 9.17) is 4.74 Å². The maximum atomic E-state index is 14.7. The molecule has 2 amide bonds. The maximum absolute atomic E-state index is 14.7. The molecule has 2 aromatic carbocycles. The van der Waals surface area contributed by atoms with Crippen LogP contribution in [0.15, 0.2) is 86.0 Å². The quantitative estimate of drug-likeness (QED) is 0.159. The minimum atomic E-state index is -0.887. The second kappa shape index (κ2) is 12.5. The number of rotatable bonds is 12. The summed E-state index contributed by atoms with van der Waals surface area (Å²) in [5.41, 5.74) is 1.69. The van der Waals surface area contributed by atoms with E-state index in [1.165, 1.54) is 0 Å². The van der Waals surface area contributed by atoms with Crippen molar-refractivity contribution in [2.75, 3.05) is 19.8 Å². The normalized spacial score (nSPS) is 28.7. The fourth-order valence-corrected chi connectivity index (χ4v) is 10.3. The molecule has 3 fully saturated rings. The van der Waals surface area contributed by atoms with E-state index in [-0.39, 0.29) is 35.1 Å². The van der Waals surface area contributed by atoms with Crippen molar-refractivity contribution in [2.24, 2.45) is 11.8 Å². The van der Waals surface area contributed by atoms with E-state index in [0.29, 0.717) is 25.9 Å². The number of likely N-dealkylation sites (tertiary alicyclic amines) is 1. The fourth-order valence-electron chi connectivity index (χ4n) is 6.69. The van der Waals surface area contributed by atoms with Crippen LogP contribution >= 0.6 is 27.7 Å². The number of benzene rings is 2. The van der Waals surface area contributed by atoms with Gasteiger partial charge < -0.3 is 19.6 Å². The van der Waals surface area contributed by atoms with Crippen molar-refractivity contribution < 1.29 is 24.2 Å². The van der Waals surface area contributed by atoms with E-state index in [2.05, 4.69) is 29.1 Å². The van der Waals surface area contributed by atoms with Gasteiger partial charge >= 0.3 is 5.97 Å². The van der Waals surface area contributed by atoms with E-state index >= 15 is 0 Å². The third-order valence-corrected chi connectivity index (χ3v) is 11.6. The van der Waals surface area contributed by atoms with Crippen LogP contribution in [0, 0.1) is 11.8 Å². The number of hydrogen-bond acceptors (Lipinski definition) is 6. The van der Waals surface area contributed by atoms with E-state index < -0.39 is 34.6 Å². The average molecular weight is 640 g/mol. The highest BCUT2D eigenvalue weighted by molar-refractivity contribution is 9.09. The number of halogens is 1. The molecule has 0 radical (unpaired) electrons. The molecule has 3 heterocycles. The Morgan fingerprint density at radius 2 is 1.83 bits per heavy atom. The van der Waals surface area contributed by atoms with Gasteiger partial charge in [-0.15, -0.1) is 24.9 Å². The van der Waals surface area contributed by atoms with Crippen molar-refractivity contribution in [1.29, 1.82) is 0 Å². The first kappa shape index (κ1) is 29.6. The zero-order chi connectivity index (χ0) is 29.1. The zero-order valence-electron chi connectivity index (χ0n) is 22.8. The lowest BCUT2D eigenvalue weighted by molar-refractivity contribution is -0.154. The highest BCUT2D eigenvalue weighted by atomic mass is 79.9. The summed E-state index contributed by atoms with van der Waals surface area (Å²) in [6.45, 7) is 8.05. The number of thioether (sulfide) groups is 1. The number of carbonyl (C=O) groups excluding carboxylic acids is 3. The van der Waals surface area contributed by atoms with Gasteiger partial charge in [0.1, 0.15) is 6.04 Å². The summed E-state index contributed by atoms with van der Waals surface area (Å²) in [7, 11) is 0. The molecule has 0 aromatic heterocycles. The molecule has 5 rings (SSSR count). The van der Waals surface area contributed by atoms with Gasteiger partial charge in [0.15, 0.2) is 0 Å². The summed E-state index contributed by atoms with van der Waals surface area (Å²) in [6.07, 6.45) is 4.43. The first-order chi connectivity index (χ1) is 19.9. The number of aliphatic hydroxyl groups is 1. The Kier molecular flexibility index (Phi) is 9.06. The molecule has 216 valence electrons. The standard InChI is InChI=1S/C32H35BrN2O5S/c1-3-5-17-40-31(39)25-26-29(37)35(24(20-36)22-14-10-7-11-15-22)28(32(26)18-23(33)27(25)41-32)30(38)34(16-4-2)19-21-12-8-6-9-13-21/h3-4,6-15,23-28,36H,1-2,5,16-20H2/t23?,24-,25-,26+,27-,28?,32?/m1/s1. The molecule has 0 aliphatic carbocycles. The second-order valence-electron chi connectivity index (χ2n) is 10.8. The minimum Gasteiger partial charge on any atom is -0.465 e.